The zero-order chi connectivity index (χ0) is 15.3. The minimum atomic E-state index is -5.27. The molecule has 0 fully saturated rings. The summed E-state index contributed by atoms with van der Waals surface area (Å²) >= 11 is 0. The lowest BCUT2D eigenvalue weighted by Crippen LogP contribution is -2.45. The predicted octanol–water partition coefficient (Wildman–Crippen LogP) is 2.90. The van der Waals surface area contributed by atoms with E-state index >= 15 is 0 Å². The van der Waals surface area contributed by atoms with E-state index in [0.717, 1.165) is 4.90 Å². The minimum absolute atomic E-state index is 0.134. The normalized spacial score (nSPS) is 13.9. The average Bonchev–Trinajstić information content (AvgIpc) is 2.17. The molecule has 0 aromatic rings. The molecule has 0 aliphatic rings. The van der Waals surface area contributed by atoms with Crippen LogP contribution in [0.25, 0.3) is 0 Å². The van der Waals surface area contributed by atoms with E-state index in [1.165, 1.54) is 7.05 Å². The van der Waals surface area contributed by atoms with Crippen LogP contribution in [0.5, 0.6) is 0 Å². The molecule has 0 aromatic carbocycles. The van der Waals surface area contributed by atoms with E-state index in [1.807, 2.05) is 13.8 Å². The molecule has 0 aliphatic heterocycles. The Morgan fingerprint density at radius 3 is 1.84 bits per heavy atom. The number of likely N-dealkylation sites (N-methyl/N-ethyl adjacent to an activating group) is 1. The van der Waals surface area contributed by atoms with E-state index in [0.29, 0.717) is 19.0 Å². The number of hydrogen-bond donors (Lipinski definition) is 1. The number of nitrogens with one attached hydrogen (secondary N) is 1. The highest BCUT2D eigenvalue weighted by atomic mass is 19.4. The van der Waals surface area contributed by atoms with Gasteiger partial charge in [-0.25, -0.2) is 0 Å². The summed E-state index contributed by atoms with van der Waals surface area (Å²) in [6, 6.07) is 0. The van der Waals surface area contributed by atoms with Crippen LogP contribution in [0.3, 0.4) is 0 Å². The fourth-order valence-electron chi connectivity index (χ4n) is 1.46. The van der Waals surface area contributed by atoms with Gasteiger partial charge >= 0.3 is 12.4 Å². The summed E-state index contributed by atoms with van der Waals surface area (Å²) in [5.74, 6) is -2.92. The SMILES string of the molecule is CC(C)CNCCN(C)CC(C(F)(F)F)C(F)(F)F. The fraction of sp³-hybridized carbons (Fsp3) is 1.00. The van der Waals surface area contributed by atoms with Gasteiger partial charge in [-0.3, -0.25) is 0 Å². The first-order chi connectivity index (χ1) is 8.44. The van der Waals surface area contributed by atoms with Crippen molar-refractivity contribution < 1.29 is 26.3 Å². The van der Waals surface area contributed by atoms with Crippen molar-refractivity contribution in [3.05, 3.63) is 0 Å². The lowest BCUT2D eigenvalue weighted by Gasteiger charge is -2.27. The number of hydrogen-bond acceptors (Lipinski definition) is 2. The van der Waals surface area contributed by atoms with Crippen molar-refractivity contribution in [2.45, 2.75) is 26.2 Å². The van der Waals surface area contributed by atoms with Crippen LogP contribution in [0.4, 0.5) is 26.3 Å². The zero-order valence-corrected chi connectivity index (χ0v) is 11.2. The van der Waals surface area contributed by atoms with Gasteiger partial charge in [0.1, 0.15) is 0 Å². The Morgan fingerprint density at radius 2 is 1.47 bits per heavy atom. The smallest absolute Gasteiger partial charge is 0.315 e. The summed E-state index contributed by atoms with van der Waals surface area (Å²) in [5, 5.41) is 2.96. The van der Waals surface area contributed by atoms with E-state index in [4.69, 9.17) is 0 Å². The Bertz CT molecular complexity index is 235. The third-order valence-electron chi connectivity index (χ3n) is 2.51. The predicted molar refractivity (Wildman–Crippen MR) is 60.8 cm³/mol. The third kappa shape index (κ3) is 8.30. The Labute approximate surface area is 109 Å². The number of rotatable bonds is 7. The largest absolute Gasteiger partial charge is 0.401 e. The van der Waals surface area contributed by atoms with E-state index in [2.05, 4.69) is 5.32 Å². The summed E-state index contributed by atoms with van der Waals surface area (Å²) in [6.07, 6.45) is -10.5. The maximum atomic E-state index is 12.3. The van der Waals surface area contributed by atoms with Gasteiger partial charge in [-0.05, 0) is 19.5 Å². The first-order valence-corrected chi connectivity index (χ1v) is 5.97. The molecular weight excluding hydrogens is 274 g/mol. The van der Waals surface area contributed by atoms with Gasteiger partial charge in [-0.2, -0.15) is 26.3 Å². The van der Waals surface area contributed by atoms with Gasteiger partial charge in [0.2, 0.25) is 0 Å². The molecule has 116 valence electrons. The number of nitrogens with zero attached hydrogens (tertiary/aromatic N) is 1. The van der Waals surface area contributed by atoms with Crippen LogP contribution >= 0.6 is 0 Å². The van der Waals surface area contributed by atoms with Crippen LogP contribution in [0, 0.1) is 11.8 Å². The summed E-state index contributed by atoms with van der Waals surface area (Å²) in [4.78, 5) is 1.04. The minimum Gasteiger partial charge on any atom is -0.315 e. The Kier molecular flexibility index (Phi) is 7.13. The lowest BCUT2D eigenvalue weighted by atomic mass is 10.1. The van der Waals surface area contributed by atoms with Crippen molar-refractivity contribution >= 4 is 0 Å². The van der Waals surface area contributed by atoms with Crippen LogP contribution in [0.1, 0.15) is 13.8 Å². The summed E-state index contributed by atoms with van der Waals surface area (Å²) in [5.41, 5.74) is 0. The van der Waals surface area contributed by atoms with Gasteiger partial charge < -0.3 is 10.2 Å². The van der Waals surface area contributed by atoms with E-state index < -0.39 is 24.8 Å². The van der Waals surface area contributed by atoms with Crippen LogP contribution in [0.15, 0.2) is 0 Å². The number of halogens is 6. The molecule has 0 unspecified atom stereocenters. The first-order valence-electron chi connectivity index (χ1n) is 5.97. The Morgan fingerprint density at radius 1 is 1.00 bits per heavy atom. The molecule has 8 heteroatoms. The summed E-state index contributed by atoms with van der Waals surface area (Å²) < 4.78 is 73.8. The van der Waals surface area contributed by atoms with Gasteiger partial charge in [0.15, 0.2) is 5.92 Å². The van der Waals surface area contributed by atoms with E-state index in [1.54, 1.807) is 0 Å². The number of alkyl halides is 6. The van der Waals surface area contributed by atoms with Crippen molar-refractivity contribution in [2.75, 3.05) is 33.2 Å². The molecule has 0 amide bonds. The van der Waals surface area contributed by atoms with Crippen molar-refractivity contribution in [1.82, 2.24) is 10.2 Å². The molecule has 0 radical (unpaired) electrons. The third-order valence-corrected chi connectivity index (χ3v) is 2.51. The van der Waals surface area contributed by atoms with Gasteiger partial charge in [0.05, 0.1) is 0 Å². The molecule has 0 bridgehead atoms. The lowest BCUT2D eigenvalue weighted by molar-refractivity contribution is -0.286. The van der Waals surface area contributed by atoms with Crippen LogP contribution in [-0.4, -0.2) is 50.5 Å². The quantitative estimate of drug-likeness (QED) is 0.574. The molecule has 0 rings (SSSR count). The van der Waals surface area contributed by atoms with Crippen molar-refractivity contribution in [1.29, 1.82) is 0 Å². The maximum absolute atomic E-state index is 12.3. The second-order valence-electron chi connectivity index (χ2n) is 5.00. The average molecular weight is 294 g/mol. The van der Waals surface area contributed by atoms with Gasteiger partial charge in [-0.15, -0.1) is 0 Å². The molecule has 0 saturated heterocycles. The molecule has 0 aliphatic carbocycles. The second kappa shape index (κ2) is 7.33. The molecule has 19 heavy (non-hydrogen) atoms. The van der Waals surface area contributed by atoms with Crippen LogP contribution in [0.2, 0.25) is 0 Å². The van der Waals surface area contributed by atoms with E-state index in [9.17, 15) is 26.3 Å². The van der Waals surface area contributed by atoms with Gasteiger partial charge in [0, 0.05) is 19.6 Å². The first kappa shape index (κ1) is 18.5. The van der Waals surface area contributed by atoms with Gasteiger partial charge in [-0.1, -0.05) is 13.8 Å². The van der Waals surface area contributed by atoms with Crippen LogP contribution in [-0.2, 0) is 0 Å². The highest BCUT2D eigenvalue weighted by Gasteiger charge is 2.56. The highest BCUT2D eigenvalue weighted by molar-refractivity contribution is 4.78. The summed E-state index contributed by atoms with van der Waals surface area (Å²) in [7, 11) is 1.25. The molecule has 1 N–H and O–H groups in total. The highest BCUT2D eigenvalue weighted by Crippen LogP contribution is 2.39. The Hall–Kier alpha value is -0.500. The van der Waals surface area contributed by atoms with Crippen LogP contribution < -0.4 is 5.32 Å². The maximum Gasteiger partial charge on any atom is 0.401 e. The molecule has 0 heterocycles. The monoisotopic (exact) mass is 294 g/mol. The molecule has 2 nitrogen and oxygen atoms in total. The fourth-order valence-corrected chi connectivity index (χ4v) is 1.46. The summed E-state index contributed by atoms with van der Waals surface area (Å²) in [6.45, 7) is 4.01. The van der Waals surface area contributed by atoms with Crippen molar-refractivity contribution in [3.8, 4) is 0 Å². The molecule has 0 saturated carbocycles. The second-order valence-corrected chi connectivity index (χ2v) is 5.00. The van der Waals surface area contributed by atoms with Crippen molar-refractivity contribution in [2.24, 2.45) is 11.8 Å². The Balaban J connectivity index is 4.23. The molecule has 0 atom stereocenters. The molecular formula is C11H20F6N2. The van der Waals surface area contributed by atoms with Crippen molar-refractivity contribution in [3.63, 3.8) is 0 Å². The standard InChI is InChI=1S/C11H20F6N2/c1-8(2)6-18-4-5-19(3)7-9(10(12,13)14)11(15,16)17/h8-9,18H,4-7H2,1-3H3. The molecule has 0 aromatic heterocycles. The van der Waals surface area contributed by atoms with Gasteiger partial charge in [0.25, 0.3) is 0 Å². The zero-order valence-electron chi connectivity index (χ0n) is 11.2. The topological polar surface area (TPSA) is 15.3 Å². The van der Waals surface area contributed by atoms with E-state index in [-0.39, 0.29) is 6.54 Å². The molecule has 0 spiro atoms.